The lowest BCUT2D eigenvalue weighted by molar-refractivity contribution is -0.147. The van der Waals surface area contributed by atoms with E-state index in [9.17, 15) is 4.79 Å². The van der Waals surface area contributed by atoms with Crippen molar-refractivity contribution in [3.8, 4) is 5.75 Å². The van der Waals surface area contributed by atoms with E-state index in [1.807, 2.05) is 32.9 Å². The van der Waals surface area contributed by atoms with Gasteiger partial charge in [0.25, 0.3) is 5.91 Å². The monoisotopic (exact) mass is 301 g/mol. The van der Waals surface area contributed by atoms with Crippen LogP contribution in [0, 0.1) is 0 Å². The van der Waals surface area contributed by atoms with E-state index in [1.165, 1.54) is 0 Å². The molecule has 4 nitrogen and oxygen atoms in total. The Morgan fingerprint density at radius 2 is 2.12 bits per heavy atom. The first-order chi connectivity index (χ1) is 7.87. The summed E-state index contributed by atoms with van der Waals surface area (Å²) in [4.78, 5) is 16.5. The maximum absolute atomic E-state index is 11.4. The molecule has 0 saturated heterocycles. The van der Waals surface area contributed by atoms with Gasteiger partial charge in [-0.3, -0.25) is 9.63 Å². The number of nitrogens with one attached hydrogen (secondary N) is 1. The number of ether oxygens (including phenoxy) is 1. The summed E-state index contributed by atoms with van der Waals surface area (Å²) >= 11 is 3.32. The molecule has 1 amide bonds. The number of benzene rings is 1. The Morgan fingerprint density at radius 3 is 2.71 bits per heavy atom. The van der Waals surface area contributed by atoms with Crippen molar-refractivity contribution in [3.63, 3.8) is 0 Å². The standard InChI is InChI=1S/C12H16BrNO3/c1-12(2,3)17-14-11(15)8-16-10-6-4-5-9(13)7-10/h4-7H,8H2,1-3H3,(H,14,15). The summed E-state index contributed by atoms with van der Waals surface area (Å²) in [5, 5.41) is 0. The van der Waals surface area contributed by atoms with Crippen LogP contribution in [0.5, 0.6) is 5.75 Å². The van der Waals surface area contributed by atoms with Crippen molar-refractivity contribution >= 4 is 21.8 Å². The van der Waals surface area contributed by atoms with Gasteiger partial charge >= 0.3 is 0 Å². The van der Waals surface area contributed by atoms with Crippen molar-refractivity contribution in [2.45, 2.75) is 26.4 Å². The Morgan fingerprint density at radius 1 is 1.41 bits per heavy atom. The minimum atomic E-state index is -0.411. The SMILES string of the molecule is CC(C)(C)ONC(=O)COc1cccc(Br)c1. The normalized spacial score (nSPS) is 11.1. The average Bonchev–Trinajstić information content (AvgIpc) is 2.23. The minimum Gasteiger partial charge on any atom is -0.484 e. The summed E-state index contributed by atoms with van der Waals surface area (Å²) in [5.74, 6) is 0.310. The van der Waals surface area contributed by atoms with Crippen molar-refractivity contribution in [2.75, 3.05) is 6.61 Å². The van der Waals surface area contributed by atoms with Gasteiger partial charge in [0, 0.05) is 4.47 Å². The lowest BCUT2D eigenvalue weighted by atomic mass is 10.2. The van der Waals surface area contributed by atoms with E-state index < -0.39 is 5.60 Å². The predicted octanol–water partition coefficient (Wildman–Crippen LogP) is 2.67. The first-order valence-electron chi connectivity index (χ1n) is 5.22. The molecule has 0 aliphatic carbocycles. The van der Waals surface area contributed by atoms with Gasteiger partial charge in [0.1, 0.15) is 5.75 Å². The van der Waals surface area contributed by atoms with Gasteiger partial charge in [-0.15, -0.1) is 0 Å². The second-order valence-electron chi connectivity index (χ2n) is 4.49. The van der Waals surface area contributed by atoms with Gasteiger partial charge in [0.2, 0.25) is 0 Å². The Hall–Kier alpha value is -1.07. The minimum absolute atomic E-state index is 0.0769. The second-order valence-corrected chi connectivity index (χ2v) is 5.40. The average molecular weight is 302 g/mol. The van der Waals surface area contributed by atoms with E-state index in [1.54, 1.807) is 12.1 Å². The van der Waals surface area contributed by atoms with Crippen LogP contribution < -0.4 is 10.2 Å². The lowest BCUT2D eigenvalue weighted by Gasteiger charge is -2.18. The number of amides is 1. The largest absolute Gasteiger partial charge is 0.484 e. The first kappa shape index (κ1) is 14.0. The molecule has 0 atom stereocenters. The fourth-order valence-electron chi connectivity index (χ4n) is 0.945. The molecule has 17 heavy (non-hydrogen) atoms. The Bertz CT molecular complexity index is 388. The third-order valence-corrected chi connectivity index (χ3v) is 2.13. The molecule has 0 aliphatic heterocycles. The molecule has 0 aliphatic rings. The van der Waals surface area contributed by atoms with E-state index in [-0.39, 0.29) is 12.5 Å². The zero-order valence-corrected chi connectivity index (χ0v) is 11.7. The highest BCUT2D eigenvalue weighted by Crippen LogP contribution is 2.17. The molecule has 0 aromatic heterocycles. The van der Waals surface area contributed by atoms with Crippen LogP contribution in [0.1, 0.15) is 20.8 Å². The highest BCUT2D eigenvalue weighted by atomic mass is 79.9. The number of hydrogen-bond donors (Lipinski definition) is 1. The summed E-state index contributed by atoms with van der Waals surface area (Å²) in [5.41, 5.74) is 1.92. The fraction of sp³-hybridized carbons (Fsp3) is 0.417. The van der Waals surface area contributed by atoms with Crippen LogP contribution in [0.15, 0.2) is 28.7 Å². The predicted molar refractivity (Wildman–Crippen MR) is 68.6 cm³/mol. The number of carbonyl (C=O) groups excluding carboxylic acids is 1. The van der Waals surface area contributed by atoms with Gasteiger partial charge in [-0.05, 0) is 39.0 Å². The lowest BCUT2D eigenvalue weighted by Crippen LogP contribution is -2.36. The molecule has 1 N–H and O–H groups in total. The summed E-state index contributed by atoms with van der Waals surface area (Å²) in [6.45, 7) is 5.47. The molecule has 0 spiro atoms. The molecule has 0 fully saturated rings. The van der Waals surface area contributed by atoms with Crippen LogP contribution >= 0.6 is 15.9 Å². The Kier molecular flexibility index (Phi) is 4.96. The van der Waals surface area contributed by atoms with Crippen LogP contribution in [0.3, 0.4) is 0 Å². The molecule has 1 aromatic rings. The van der Waals surface area contributed by atoms with Crippen LogP contribution in [0.2, 0.25) is 0 Å². The van der Waals surface area contributed by atoms with E-state index in [4.69, 9.17) is 9.57 Å². The maximum atomic E-state index is 11.4. The molecule has 1 rings (SSSR count). The van der Waals surface area contributed by atoms with E-state index >= 15 is 0 Å². The van der Waals surface area contributed by atoms with Crippen molar-refractivity contribution in [3.05, 3.63) is 28.7 Å². The first-order valence-corrected chi connectivity index (χ1v) is 6.01. The van der Waals surface area contributed by atoms with Gasteiger partial charge < -0.3 is 4.74 Å². The number of carbonyl (C=O) groups is 1. The maximum Gasteiger partial charge on any atom is 0.281 e. The van der Waals surface area contributed by atoms with Crippen molar-refractivity contribution < 1.29 is 14.4 Å². The molecular formula is C12H16BrNO3. The molecule has 0 unspecified atom stereocenters. The Balaban J connectivity index is 2.33. The molecule has 0 heterocycles. The van der Waals surface area contributed by atoms with Crippen molar-refractivity contribution in [2.24, 2.45) is 0 Å². The molecule has 5 heteroatoms. The molecule has 0 radical (unpaired) electrons. The highest BCUT2D eigenvalue weighted by Gasteiger charge is 2.12. The van der Waals surface area contributed by atoms with Gasteiger partial charge in [0.15, 0.2) is 6.61 Å². The quantitative estimate of drug-likeness (QED) is 0.870. The van der Waals surface area contributed by atoms with Crippen LogP contribution in [0.4, 0.5) is 0 Å². The number of hydroxylamine groups is 1. The summed E-state index contributed by atoms with van der Waals surface area (Å²) in [6.07, 6.45) is 0. The van der Waals surface area contributed by atoms with Crippen molar-refractivity contribution in [1.82, 2.24) is 5.48 Å². The van der Waals surface area contributed by atoms with E-state index in [0.717, 1.165) is 4.47 Å². The third kappa shape index (κ3) is 6.28. The summed E-state index contributed by atoms with van der Waals surface area (Å²) in [6, 6.07) is 7.29. The van der Waals surface area contributed by atoms with Gasteiger partial charge in [0.05, 0.1) is 5.60 Å². The zero-order chi connectivity index (χ0) is 12.9. The number of halogens is 1. The van der Waals surface area contributed by atoms with Crippen LogP contribution in [-0.2, 0) is 9.63 Å². The van der Waals surface area contributed by atoms with Crippen molar-refractivity contribution in [1.29, 1.82) is 0 Å². The van der Waals surface area contributed by atoms with E-state index in [2.05, 4.69) is 21.4 Å². The number of rotatable bonds is 4. The van der Waals surface area contributed by atoms with Crippen LogP contribution in [-0.4, -0.2) is 18.1 Å². The van der Waals surface area contributed by atoms with E-state index in [0.29, 0.717) is 5.75 Å². The molecule has 0 bridgehead atoms. The molecule has 1 aromatic carbocycles. The summed E-state index contributed by atoms with van der Waals surface area (Å²) < 4.78 is 6.20. The third-order valence-electron chi connectivity index (χ3n) is 1.64. The molecular weight excluding hydrogens is 286 g/mol. The zero-order valence-electron chi connectivity index (χ0n) is 10.1. The Labute approximate surface area is 109 Å². The van der Waals surface area contributed by atoms with Gasteiger partial charge in [-0.25, -0.2) is 5.48 Å². The smallest absolute Gasteiger partial charge is 0.281 e. The van der Waals surface area contributed by atoms with Crippen LogP contribution in [0.25, 0.3) is 0 Å². The highest BCUT2D eigenvalue weighted by molar-refractivity contribution is 9.10. The summed E-state index contributed by atoms with van der Waals surface area (Å²) in [7, 11) is 0. The number of hydrogen-bond acceptors (Lipinski definition) is 3. The second kappa shape index (κ2) is 6.02. The van der Waals surface area contributed by atoms with Gasteiger partial charge in [-0.2, -0.15) is 0 Å². The van der Waals surface area contributed by atoms with Gasteiger partial charge in [-0.1, -0.05) is 22.0 Å². The fourth-order valence-corrected chi connectivity index (χ4v) is 1.32. The molecule has 0 saturated carbocycles. The molecule has 94 valence electrons. The topological polar surface area (TPSA) is 47.6 Å².